The number of methoxy groups -OCH3 is 2. The first-order chi connectivity index (χ1) is 11.6. The predicted molar refractivity (Wildman–Crippen MR) is 90.0 cm³/mol. The van der Waals surface area contributed by atoms with Crippen molar-refractivity contribution in [2.75, 3.05) is 19.5 Å². The minimum absolute atomic E-state index is 0.0662. The van der Waals surface area contributed by atoms with Gasteiger partial charge >= 0.3 is 0 Å². The molecule has 3 aromatic rings. The molecule has 0 bridgehead atoms. The molecule has 0 aliphatic rings. The molecule has 6 nitrogen and oxygen atoms in total. The summed E-state index contributed by atoms with van der Waals surface area (Å²) in [7, 11) is 3.03. The summed E-state index contributed by atoms with van der Waals surface area (Å²) in [6.45, 7) is 0. The van der Waals surface area contributed by atoms with Gasteiger partial charge in [-0.15, -0.1) is 0 Å². The Hall–Kier alpha value is -3.28. The van der Waals surface area contributed by atoms with Crippen molar-refractivity contribution in [2.24, 2.45) is 0 Å². The van der Waals surface area contributed by atoms with Gasteiger partial charge in [0.25, 0.3) is 5.91 Å². The third-order valence-electron chi connectivity index (χ3n) is 3.57. The van der Waals surface area contributed by atoms with Gasteiger partial charge in [0, 0.05) is 11.8 Å². The summed E-state index contributed by atoms with van der Waals surface area (Å²) in [5.74, 6) is 0.461. The predicted octanol–water partition coefficient (Wildman–Crippen LogP) is 3.06. The van der Waals surface area contributed by atoms with Crippen LogP contribution < -0.4 is 20.2 Å². The zero-order valence-electron chi connectivity index (χ0n) is 13.2. The van der Waals surface area contributed by atoms with Crippen LogP contribution in [0.3, 0.4) is 0 Å². The first-order valence-corrected chi connectivity index (χ1v) is 7.18. The van der Waals surface area contributed by atoms with E-state index in [9.17, 15) is 9.59 Å². The molecule has 1 amide bonds. The SMILES string of the molecule is COc1ccc(NC(=O)c2coc3ccccc3c2=O)cc1OC. The number of nitrogens with one attached hydrogen (secondary N) is 1. The third kappa shape index (κ3) is 2.81. The van der Waals surface area contributed by atoms with Crippen LogP contribution in [0.5, 0.6) is 11.5 Å². The van der Waals surface area contributed by atoms with Gasteiger partial charge in [-0.3, -0.25) is 9.59 Å². The Labute approximate surface area is 137 Å². The maximum absolute atomic E-state index is 12.4. The van der Waals surface area contributed by atoms with E-state index in [2.05, 4.69) is 5.32 Å². The van der Waals surface area contributed by atoms with Gasteiger partial charge in [0.15, 0.2) is 11.5 Å². The first kappa shape index (κ1) is 15.6. The molecule has 0 fully saturated rings. The second kappa shape index (κ2) is 6.45. The molecular formula is C18H15NO5. The second-order valence-corrected chi connectivity index (χ2v) is 5.00. The number of rotatable bonds is 4. The fourth-order valence-corrected chi connectivity index (χ4v) is 2.35. The Morgan fingerprint density at radius 3 is 2.54 bits per heavy atom. The summed E-state index contributed by atoms with van der Waals surface area (Å²) in [5.41, 5.74) is 0.466. The molecule has 0 saturated heterocycles. The molecule has 2 aromatic carbocycles. The van der Waals surface area contributed by atoms with Crippen LogP contribution in [-0.4, -0.2) is 20.1 Å². The van der Waals surface area contributed by atoms with Gasteiger partial charge in [-0.25, -0.2) is 0 Å². The van der Waals surface area contributed by atoms with E-state index in [1.54, 1.807) is 42.5 Å². The lowest BCUT2D eigenvalue weighted by atomic mass is 10.1. The summed E-state index contributed by atoms with van der Waals surface area (Å²) in [4.78, 5) is 24.8. The Balaban J connectivity index is 1.93. The molecule has 0 aliphatic heterocycles. The number of ether oxygens (including phenoxy) is 2. The van der Waals surface area contributed by atoms with Crippen molar-refractivity contribution in [3.05, 3.63) is 64.5 Å². The topological polar surface area (TPSA) is 77.8 Å². The van der Waals surface area contributed by atoms with Crippen LogP contribution >= 0.6 is 0 Å². The summed E-state index contributed by atoms with van der Waals surface area (Å²) in [6, 6.07) is 11.7. The number of anilines is 1. The van der Waals surface area contributed by atoms with E-state index in [-0.39, 0.29) is 11.0 Å². The van der Waals surface area contributed by atoms with Crippen LogP contribution in [0, 0.1) is 0 Å². The lowest BCUT2D eigenvalue weighted by Crippen LogP contribution is -2.21. The molecule has 1 aromatic heterocycles. The highest BCUT2D eigenvalue weighted by atomic mass is 16.5. The lowest BCUT2D eigenvalue weighted by Gasteiger charge is -2.10. The number of carbonyl (C=O) groups is 1. The van der Waals surface area contributed by atoms with Crippen LogP contribution in [-0.2, 0) is 0 Å². The number of hydrogen-bond acceptors (Lipinski definition) is 5. The van der Waals surface area contributed by atoms with E-state index >= 15 is 0 Å². The van der Waals surface area contributed by atoms with E-state index in [4.69, 9.17) is 13.9 Å². The zero-order chi connectivity index (χ0) is 17.1. The van der Waals surface area contributed by atoms with Gasteiger partial charge in [0.2, 0.25) is 5.43 Å². The van der Waals surface area contributed by atoms with Crippen molar-refractivity contribution in [3.8, 4) is 11.5 Å². The number of benzene rings is 2. The van der Waals surface area contributed by atoms with Crippen molar-refractivity contribution in [3.63, 3.8) is 0 Å². The minimum atomic E-state index is -0.554. The van der Waals surface area contributed by atoms with Gasteiger partial charge in [0.05, 0.1) is 19.6 Å². The maximum Gasteiger partial charge on any atom is 0.262 e. The van der Waals surface area contributed by atoms with Crippen LogP contribution in [0.1, 0.15) is 10.4 Å². The molecule has 0 radical (unpaired) electrons. The number of carbonyl (C=O) groups excluding carboxylic acids is 1. The standard InChI is InChI=1S/C18H15NO5/c1-22-15-8-7-11(9-16(15)23-2)19-18(21)13-10-24-14-6-4-3-5-12(14)17(13)20/h3-10H,1-2H3,(H,19,21). The van der Waals surface area contributed by atoms with Crippen LogP contribution in [0.2, 0.25) is 0 Å². The van der Waals surface area contributed by atoms with Crippen LogP contribution in [0.25, 0.3) is 11.0 Å². The van der Waals surface area contributed by atoms with Crippen LogP contribution in [0.15, 0.2) is 57.9 Å². The molecule has 24 heavy (non-hydrogen) atoms. The Bertz CT molecular complexity index is 961. The molecule has 1 heterocycles. The Morgan fingerprint density at radius 1 is 1.04 bits per heavy atom. The highest BCUT2D eigenvalue weighted by molar-refractivity contribution is 6.05. The molecular weight excluding hydrogens is 310 g/mol. The first-order valence-electron chi connectivity index (χ1n) is 7.18. The monoisotopic (exact) mass is 325 g/mol. The number of amides is 1. The van der Waals surface area contributed by atoms with Gasteiger partial charge in [-0.05, 0) is 24.3 Å². The molecule has 0 unspecified atom stereocenters. The average Bonchev–Trinajstić information content (AvgIpc) is 2.62. The van der Waals surface area contributed by atoms with E-state index in [1.807, 2.05) is 0 Å². The highest BCUT2D eigenvalue weighted by Gasteiger charge is 2.15. The van der Waals surface area contributed by atoms with E-state index < -0.39 is 5.91 Å². The Morgan fingerprint density at radius 2 is 1.79 bits per heavy atom. The fraction of sp³-hybridized carbons (Fsp3) is 0.111. The van der Waals surface area contributed by atoms with Gasteiger partial charge in [-0.1, -0.05) is 12.1 Å². The van der Waals surface area contributed by atoms with Gasteiger partial charge in [0.1, 0.15) is 17.4 Å². The van der Waals surface area contributed by atoms with E-state index in [0.29, 0.717) is 28.2 Å². The average molecular weight is 325 g/mol. The zero-order valence-corrected chi connectivity index (χ0v) is 13.2. The Kier molecular flexibility index (Phi) is 4.20. The maximum atomic E-state index is 12.4. The van der Waals surface area contributed by atoms with Crippen molar-refractivity contribution in [1.29, 1.82) is 0 Å². The van der Waals surface area contributed by atoms with E-state index in [0.717, 1.165) is 0 Å². The molecule has 122 valence electrons. The number of para-hydroxylation sites is 1. The molecule has 3 rings (SSSR count). The quantitative estimate of drug-likeness (QED) is 0.797. The second-order valence-electron chi connectivity index (χ2n) is 5.00. The molecule has 0 spiro atoms. The third-order valence-corrected chi connectivity index (χ3v) is 3.57. The lowest BCUT2D eigenvalue weighted by molar-refractivity contribution is 0.102. The molecule has 0 atom stereocenters. The normalized spacial score (nSPS) is 10.4. The molecule has 1 N–H and O–H groups in total. The van der Waals surface area contributed by atoms with Crippen molar-refractivity contribution >= 4 is 22.6 Å². The van der Waals surface area contributed by atoms with Crippen molar-refractivity contribution < 1.29 is 18.7 Å². The summed E-state index contributed by atoms with van der Waals surface area (Å²) in [6.07, 6.45) is 1.17. The number of hydrogen-bond donors (Lipinski definition) is 1. The van der Waals surface area contributed by atoms with E-state index in [1.165, 1.54) is 20.5 Å². The highest BCUT2D eigenvalue weighted by Crippen LogP contribution is 2.29. The summed E-state index contributed by atoms with van der Waals surface area (Å²) >= 11 is 0. The summed E-state index contributed by atoms with van der Waals surface area (Å²) < 4.78 is 15.7. The number of fused-ring (bicyclic) bond motifs is 1. The van der Waals surface area contributed by atoms with Crippen LogP contribution in [0.4, 0.5) is 5.69 Å². The van der Waals surface area contributed by atoms with Gasteiger partial charge < -0.3 is 19.2 Å². The smallest absolute Gasteiger partial charge is 0.262 e. The summed E-state index contributed by atoms with van der Waals surface area (Å²) in [5, 5.41) is 3.01. The fourth-order valence-electron chi connectivity index (χ4n) is 2.35. The molecule has 0 saturated carbocycles. The largest absolute Gasteiger partial charge is 0.493 e. The van der Waals surface area contributed by atoms with Gasteiger partial charge in [-0.2, -0.15) is 0 Å². The van der Waals surface area contributed by atoms with Crippen molar-refractivity contribution in [1.82, 2.24) is 0 Å². The molecule has 6 heteroatoms. The minimum Gasteiger partial charge on any atom is -0.493 e. The van der Waals surface area contributed by atoms with Crippen molar-refractivity contribution in [2.45, 2.75) is 0 Å². The molecule has 0 aliphatic carbocycles.